The zero-order valence-corrected chi connectivity index (χ0v) is 13.2. The van der Waals surface area contributed by atoms with Crippen molar-refractivity contribution in [2.45, 2.75) is 44.8 Å². The lowest BCUT2D eigenvalue weighted by Gasteiger charge is -2.15. The Labute approximate surface area is 124 Å². The summed E-state index contributed by atoms with van der Waals surface area (Å²) >= 11 is 0. The number of benzene rings is 1. The lowest BCUT2D eigenvalue weighted by atomic mass is 10.00. The first-order valence-corrected chi connectivity index (χ1v) is 8.87. The van der Waals surface area contributed by atoms with Crippen LogP contribution in [0.3, 0.4) is 0 Å². The van der Waals surface area contributed by atoms with Crippen LogP contribution in [0.2, 0.25) is 0 Å². The normalized spacial score (nSPS) is 22.1. The molecular formula is C16H25NO2S. The maximum atomic E-state index is 12.1. The van der Waals surface area contributed by atoms with Gasteiger partial charge >= 0.3 is 0 Å². The summed E-state index contributed by atoms with van der Waals surface area (Å²) in [5.74, 6) is 1.66. The Morgan fingerprint density at radius 3 is 2.50 bits per heavy atom. The highest BCUT2D eigenvalue weighted by Gasteiger charge is 2.20. The van der Waals surface area contributed by atoms with Crippen molar-refractivity contribution in [2.75, 3.05) is 18.1 Å². The summed E-state index contributed by atoms with van der Waals surface area (Å²) in [5.41, 5.74) is 8.53. The summed E-state index contributed by atoms with van der Waals surface area (Å²) in [5, 5.41) is 0. The summed E-state index contributed by atoms with van der Waals surface area (Å²) in [6.45, 7) is 5.15. The third kappa shape index (κ3) is 4.40. The SMILES string of the molecule is CC(C)c1ccc(C(N)CS(=O)CC2CCCO2)cc1. The van der Waals surface area contributed by atoms with Crippen LogP contribution in [-0.4, -0.2) is 28.4 Å². The summed E-state index contributed by atoms with van der Waals surface area (Å²) in [6, 6.07) is 8.19. The molecule has 0 amide bonds. The van der Waals surface area contributed by atoms with Crippen LogP contribution in [0, 0.1) is 0 Å². The van der Waals surface area contributed by atoms with Crippen LogP contribution in [0.15, 0.2) is 24.3 Å². The molecule has 1 aromatic rings. The molecule has 3 nitrogen and oxygen atoms in total. The minimum atomic E-state index is -0.905. The van der Waals surface area contributed by atoms with Crippen molar-refractivity contribution in [3.8, 4) is 0 Å². The van der Waals surface area contributed by atoms with Crippen LogP contribution in [-0.2, 0) is 15.5 Å². The van der Waals surface area contributed by atoms with E-state index >= 15 is 0 Å². The fraction of sp³-hybridized carbons (Fsp3) is 0.625. The number of hydrogen-bond acceptors (Lipinski definition) is 3. The zero-order chi connectivity index (χ0) is 14.5. The molecule has 4 heteroatoms. The Bertz CT molecular complexity index is 438. The second-order valence-corrected chi connectivity index (χ2v) is 7.38. The molecule has 112 valence electrons. The van der Waals surface area contributed by atoms with Crippen molar-refractivity contribution in [2.24, 2.45) is 5.73 Å². The smallest absolute Gasteiger partial charge is 0.0691 e. The molecule has 1 fully saturated rings. The molecule has 0 aromatic heterocycles. The third-order valence-corrected chi connectivity index (χ3v) is 5.27. The minimum Gasteiger partial charge on any atom is -0.377 e. The van der Waals surface area contributed by atoms with Crippen LogP contribution in [0.4, 0.5) is 0 Å². The van der Waals surface area contributed by atoms with Gasteiger partial charge in [-0.25, -0.2) is 0 Å². The average molecular weight is 295 g/mol. The van der Waals surface area contributed by atoms with E-state index in [-0.39, 0.29) is 12.1 Å². The molecule has 20 heavy (non-hydrogen) atoms. The molecule has 1 aliphatic rings. The third-order valence-electron chi connectivity index (χ3n) is 3.79. The van der Waals surface area contributed by atoms with Crippen LogP contribution in [0.1, 0.15) is 49.8 Å². The van der Waals surface area contributed by atoms with Gasteiger partial charge in [-0.2, -0.15) is 0 Å². The molecule has 0 bridgehead atoms. The second-order valence-electron chi connectivity index (χ2n) is 5.84. The van der Waals surface area contributed by atoms with E-state index in [1.807, 2.05) is 0 Å². The first kappa shape index (κ1) is 15.7. The lowest BCUT2D eigenvalue weighted by Crippen LogP contribution is -2.24. The minimum absolute atomic E-state index is 0.154. The number of ether oxygens (including phenoxy) is 1. The summed E-state index contributed by atoms with van der Waals surface area (Å²) in [6.07, 6.45) is 2.29. The number of hydrogen-bond donors (Lipinski definition) is 1. The van der Waals surface area contributed by atoms with Gasteiger partial charge in [-0.15, -0.1) is 0 Å². The molecule has 2 N–H and O–H groups in total. The molecular weight excluding hydrogens is 270 g/mol. The monoisotopic (exact) mass is 295 g/mol. The van der Waals surface area contributed by atoms with Gasteiger partial charge in [0.15, 0.2) is 0 Å². The fourth-order valence-corrected chi connectivity index (χ4v) is 3.88. The second kappa shape index (κ2) is 7.34. The number of nitrogens with two attached hydrogens (primary N) is 1. The Hall–Kier alpha value is -0.710. The predicted octanol–water partition coefficient (Wildman–Crippen LogP) is 2.74. The molecule has 0 saturated carbocycles. The number of rotatable bonds is 6. The molecule has 1 aliphatic heterocycles. The van der Waals surface area contributed by atoms with Crippen molar-refractivity contribution >= 4 is 10.8 Å². The van der Waals surface area contributed by atoms with Gasteiger partial charge in [0.05, 0.1) is 6.10 Å². The van der Waals surface area contributed by atoms with E-state index in [2.05, 4.69) is 38.1 Å². The molecule has 1 heterocycles. The maximum absolute atomic E-state index is 12.1. The largest absolute Gasteiger partial charge is 0.377 e. The predicted molar refractivity (Wildman–Crippen MR) is 84.3 cm³/mol. The van der Waals surface area contributed by atoms with E-state index in [1.54, 1.807) is 0 Å². The van der Waals surface area contributed by atoms with E-state index in [0.29, 0.717) is 17.4 Å². The van der Waals surface area contributed by atoms with Crippen molar-refractivity contribution in [3.05, 3.63) is 35.4 Å². The van der Waals surface area contributed by atoms with Gasteiger partial charge in [0, 0.05) is 35.0 Å². The van der Waals surface area contributed by atoms with Gasteiger partial charge in [-0.3, -0.25) is 4.21 Å². The topological polar surface area (TPSA) is 52.3 Å². The van der Waals surface area contributed by atoms with Gasteiger partial charge < -0.3 is 10.5 Å². The lowest BCUT2D eigenvalue weighted by molar-refractivity contribution is 0.128. The zero-order valence-electron chi connectivity index (χ0n) is 12.4. The molecule has 1 saturated heterocycles. The molecule has 2 rings (SSSR count). The van der Waals surface area contributed by atoms with Gasteiger partial charge in [0.25, 0.3) is 0 Å². The molecule has 0 spiro atoms. The van der Waals surface area contributed by atoms with Gasteiger partial charge in [0.2, 0.25) is 0 Å². The van der Waals surface area contributed by atoms with E-state index in [9.17, 15) is 4.21 Å². The maximum Gasteiger partial charge on any atom is 0.0691 e. The Kier molecular flexibility index (Phi) is 5.75. The summed E-state index contributed by atoms with van der Waals surface area (Å²) < 4.78 is 17.6. The van der Waals surface area contributed by atoms with Crippen molar-refractivity contribution < 1.29 is 8.95 Å². The average Bonchev–Trinajstić information content (AvgIpc) is 2.91. The highest BCUT2D eigenvalue weighted by atomic mass is 32.2. The Balaban J connectivity index is 1.86. The Morgan fingerprint density at radius 2 is 1.95 bits per heavy atom. The molecule has 1 aromatic carbocycles. The molecule has 3 unspecified atom stereocenters. The van der Waals surface area contributed by atoms with Gasteiger partial charge in [0.1, 0.15) is 0 Å². The van der Waals surface area contributed by atoms with E-state index < -0.39 is 10.8 Å². The van der Waals surface area contributed by atoms with E-state index in [1.165, 1.54) is 5.56 Å². The van der Waals surface area contributed by atoms with Crippen molar-refractivity contribution in [1.29, 1.82) is 0 Å². The molecule has 0 aliphatic carbocycles. The summed E-state index contributed by atoms with van der Waals surface area (Å²) in [4.78, 5) is 0. The first-order chi connectivity index (χ1) is 9.56. The van der Waals surface area contributed by atoms with Gasteiger partial charge in [-0.05, 0) is 29.9 Å². The van der Waals surface area contributed by atoms with Crippen LogP contribution in [0.5, 0.6) is 0 Å². The van der Waals surface area contributed by atoms with Crippen molar-refractivity contribution in [1.82, 2.24) is 0 Å². The first-order valence-electron chi connectivity index (χ1n) is 7.38. The van der Waals surface area contributed by atoms with Gasteiger partial charge in [-0.1, -0.05) is 38.1 Å². The Morgan fingerprint density at radius 1 is 1.30 bits per heavy atom. The molecule has 0 radical (unpaired) electrons. The van der Waals surface area contributed by atoms with Crippen LogP contribution >= 0.6 is 0 Å². The van der Waals surface area contributed by atoms with Crippen molar-refractivity contribution in [3.63, 3.8) is 0 Å². The van der Waals surface area contributed by atoms with Crippen LogP contribution < -0.4 is 5.73 Å². The fourth-order valence-electron chi connectivity index (χ4n) is 2.48. The highest BCUT2D eigenvalue weighted by Crippen LogP contribution is 2.19. The van der Waals surface area contributed by atoms with Crippen LogP contribution in [0.25, 0.3) is 0 Å². The van der Waals surface area contributed by atoms with E-state index in [0.717, 1.165) is 25.0 Å². The highest BCUT2D eigenvalue weighted by molar-refractivity contribution is 7.85. The van der Waals surface area contributed by atoms with E-state index in [4.69, 9.17) is 10.5 Å². The standard InChI is InChI=1S/C16H25NO2S/c1-12(2)13-5-7-14(8-6-13)16(17)11-20(18)10-15-4-3-9-19-15/h5-8,12,15-16H,3-4,9-11,17H2,1-2H3. The molecule has 3 atom stereocenters. The summed E-state index contributed by atoms with van der Waals surface area (Å²) in [7, 11) is -0.905. The quantitative estimate of drug-likeness (QED) is 0.878.